The number of carbonyl (C=O) groups is 2. The fourth-order valence-corrected chi connectivity index (χ4v) is 3.52. The van der Waals surface area contributed by atoms with E-state index in [4.69, 9.17) is 0 Å². The standard InChI is InChI=1S/C22H23FN4O2/c1-22(2)12-17(22)24-21(29)26-19-20(28)27(3)16-11-7-5-9-14(16)18(25-19)13-8-4-6-10-15(13)23/h4-11,17,19H,12H2,1-3H3,(H2,24,26,29). The maximum atomic E-state index is 14.6. The number of halogens is 1. The second-order valence-corrected chi connectivity index (χ2v) is 8.14. The van der Waals surface area contributed by atoms with Gasteiger partial charge in [-0.2, -0.15) is 0 Å². The third-order valence-corrected chi connectivity index (χ3v) is 5.56. The van der Waals surface area contributed by atoms with E-state index in [1.807, 2.05) is 6.07 Å². The van der Waals surface area contributed by atoms with Gasteiger partial charge >= 0.3 is 6.03 Å². The molecule has 2 atom stereocenters. The Hall–Kier alpha value is -3.22. The minimum absolute atomic E-state index is 0.0550. The fraction of sp³-hybridized carbons (Fsp3) is 0.318. The van der Waals surface area contributed by atoms with Crippen LogP contribution < -0.4 is 15.5 Å². The lowest BCUT2D eigenvalue weighted by Gasteiger charge is -2.21. The second kappa shape index (κ2) is 6.99. The summed E-state index contributed by atoms with van der Waals surface area (Å²) in [5, 5.41) is 5.52. The summed E-state index contributed by atoms with van der Waals surface area (Å²) in [5.74, 6) is -0.838. The number of aliphatic imine (C=N–C) groups is 1. The fourth-order valence-electron chi connectivity index (χ4n) is 3.52. The summed E-state index contributed by atoms with van der Waals surface area (Å²) in [6, 6.07) is 13.1. The van der Waals surface area contributed by atoms with E-state index in [1.54, 1.807) is 43.4 Å². The van der Waals surface area contributed by atoms with Crippen molar-refractivity contribution in [2.75, 3.05) is 11.9 Å². The zero-order valence-corrected chi connectivity index (χ0v) is 16.6. The van der Waals surface area contributed by atoms with E-state index in [-0.39, 0.29) is 17.0 Å². The molecule has 150 valence electrons. The van der Waals surface area contributed by atoms with Gasteiger partial charge in [0.25, 0.3) is 5.91 Å². The van der Waals surface area contributed by atoms with Gasteiger partial charge in [0.2, 0.25) is 6.17 Å². The van der Waals surface area contributed by atoms with E-state index in [1.165, 1.54) is 11.0 Å². The lowest BCUT2D eigenvalue weighted by atomic mass is 10.00. The van der Waals surface area contributed by atoms with Gasteiger partial charge in [0, 0.05) is 24.2 Å². The molecule has 0 spiro atoms. The Labute approximate surface area is 168 Å². The number of hydrogen-bond acceptors (Lipinski definition) is 3. The Morgan fingerprint density at radius 3 is 2.38 bits per heavy atom. The first-order valence-corrected chi connectivity index (χ1v) is 9.54. The van der Waals surface area contributed by atoms with Crippen LogP contribution in [0.4, 0.5) is 14.9 Å². The van der Waals surface area contributed by atoms with Gasteiger partial charge in [0.15, 0.2) is 0 Å². The summed E-state index contributed by atoms with van der Waals surface area (Å²) in [6.07, 6.45) is -0.280. The van der Waals surface area contributed by atoms with Gasteiger partial charge in [0.1, 0.15) is 5.82 Å². The van der Waals surface area contributed by atoms with Crippen LogP contribution >= 0.6 is 0 Å². The van der Waals surface area contributed by atoms with Gasteiger partial charge in [-0.25, -0.2) is 14.2 Å². The molecule has 0 saturated heterocycles. The highest BCUT2D eigenvalue weighted by molar-refractivity contribution is 6.20. The number of rotatable bonds is 3. The predicted molar refractivity (Wildman–Crippen MR) is 110 cm³/mol. The molecule has 1 aliphatic heterocycles. The Morgan fingerprint density at radius 1 is 1.10 bits per heavy atom. The van der Waals surface area contributed by atoms with Gasteiger partial charge in [-0.05, 0) is 30.0 Å². The molecule has 7 heteroatoms. The van der Waals surface area contributed by atoms with Gasteiger partial charge in [0.05, 0.1) is 11.4 Å². The van der Waals surface area contributed by atoms with Gasteiger partial charge in [-0.1, -0.05) is 44.2 Å². The predicted octanol–water partition coefficient (Wildman–Crippen LogP) is 3.06. The number of fused-ring (bicyclic) bond motifs is 1. The average Bonchev–Trinajstić information content (AvgIpc) is 3.31. The van der Waals surface area contributed by atoms with Crippen LogP contribution in [-0.2, 0) is 4.79 Å². The van der Waals surface area contributed by atoms with Crippen molar-refractivity contribution in [1.82, 2.24) is 10.6 Å². The third kappa shape index (κ3) is 3.60. The van der Waals surface area contributed by atoms with Crippen LogP contribution in [0.1, 0.15) is 31.4 Å². The summed E-state index contributed by atoms with van der Waals surface area (Å²) < 4.78 is 14.6. The molecule has 0 radical (unpaired) electrons. The first kappa shape index (κ1) is 19.1. The number of urea groups is 1. The first-order chi connectivity index (χ1) is 13.8. The van der Waals surface area contributed by atoms with Crippen molar-refractivity contribution in [3.05, 3.63) is 65.5 Å². The minimum Gasteiger partial charge on any atom is -0.335 e. The summed E-state index contributed by atoms with van der Waals surface area (Å²) >= 11 is 0. The Morgan fingerprint density at radius 2 is 1.72 bits per heavy atom. The number of benzodiazepines with no additional fused rings is 1. The highest BCUT2D eigenvalue weighted by Crippen LogP contribution is 2.44. The molecule has 1 heterocycles. The van der Waals surface area contributed by atoms with Crippen molar-refractivity contribution >= 4 is 23.3 Å². The highest BCUT2D eigenvalue weighted by Gasteiger charge is 2.47. The van der Waals surface area contributed by atoms with Gasteiger partial charge in [-0.15, -0.1) is 0 Å². The monoisotopic (exact) mass is 394 g/mol. The molecule has 2 aromatic rings. The summed E-state index contributed by atoms with van der Waals surface area (Å²) in [6.45, 7) is 4.13. The van der Waals surface area contributed by atoms with Crippen molar-refractivity contribution in [2.45, 2.75) is 32.5 Å². The molecule has 2 aliphatic rings. The van der Waals surface area contributed by atoms with E-state index in [0.717, 1.165) is 6.42 Å². The van der Waals surface area contributed by atoms with Crippen LogP contribution in [0.25, 0.3) is 0 Å². The summed E-state index contributed by atoms with van der Waals surface area (Å²) in [7, 11) is 1.62. The second-order valence-electron chi connectivity index (χ2n) is 8.14. The number of amides is 3. The number of nitrogens with zero attached hydrogens (tertiary/aromatic N) is 2. The zero-order valence-electron chi connectivity index (χ0n) is 16.6. The third-order valence-electron chi connectivity index (χ3n) is 5.56. The molecule has 29 heavy (non-hydrogen) atoms. The number of benzene rings is 2. The lowest BCUT2D eigenvalue weighted by molar-refractivity contribution is -0.119. The van der Waals surface area contributed by atoms with Gasteiger partial charge in [-0.3, -0.25) is 4.79 Å². The Balaban J connectivity index is 1.72. The average molecular weight is 394 g/mol. The molecular formula is C22H23FN4O2. The normalized spacial score (nSPS) is 22.3. The maximum Gasteiger partial charge on any atom is 0.317 e. The Bertz CT molecular complexity index is 1020. The zero-order chi connectivity index (χ0) is 20.8. The van der Waals surface area contributed by atoms with Crippen LogP contribution in [0.2, 0.25) is 0 Å². The summed E-state index contributed by atoms with van der Waals surface area (Å²) in [4.78, 5) is 31.4. The van der Waals surface area contributed by atoms with E-state index < -0.39 is 23.9 Å². The van der Waals surface area contributed by atoms with Crippen molar-refractivity contribution in [3.63, 3.8) is 0 Å². The highest BCUT2D eigenvalue weighted by atomic mass is 19.1. The molecule has 1 aliphatic carbocycles. The molecule has 2 aromatic carbocycles. The lowest BCUT2D eigenvalue weighted by Crippen LogP contribution is -2.50. The van der Waals surface area contributed by atoms with Crippen molar-refractivity contribution in [1.29, 1.82) is 0 Å². The van der Waals surface area contributed by atoms with E-state index >= 15 is 0 Å². The number of nitrogens with one attached hydrogen (secondary N) is 2. The topological polar surface area (TPSA) is 73.8 Å². The number of likely N-dealkylation sites (N-methyl/N-ethyl adjacent to an activating group) is 1. The molecular weight excluding hydrogens is 371 g/mol. The number of hydrogen-bond donors (Lipinski definition) is 2. The van der Waals surface area contributed by atoms with Crippen LogP contribution in [0.5, 0.6) is 0 Å². The van der Waals surface area contributed by atoms with E-state index in [9.17, 15) is 14.0 Å². The molecule has 2 N–H and O–H groups in total. The molecule has 3 amide bonds. The van der Waals surface area contributed by atoms with Gasteiger partial charge < -0.3 is 15.5 Å². The smallest absolute Gasteiger partial charge is 0.317 e. The molecule has 2 unspecified atom stereocenters. The minimum atomic E-state index is -1.16. The molecule has 4 rings (SSSR count). The van der Waals surface area contributed by atoms with Crippen LogP contribution in [0.15, 0.2) is 53.5 Å². The molecule has 0 bridgehead atoms. The maximum absolute atomic E-state index is 14.6. The van der Waals surface area contributed by atoms with E-state index in [2.05, 4.69) is 29.5 Å². The molecule has 0 aromatic heterocycles. The van der Waals surface area contributed by atoms with Crippen molar-refractivity contribution in [3.8, 4) is 0 Å². The first-order valence-electron chi connectivity index (χ1n) is 9.54. The quantitative estimate of drug-likeness (QED) is 0.840. The van der Waals surface area contributed by atoms with Crippen molar-refractivity contribution < 1.29 is 14.0 Å². The van der Waals surface area contributed by atoms with Crippen LogP contribution in [0, 0.1) is 11.2 Å². The van der Waals surface area contributed by atoms with Crippen molar-refractivity contribution in [2.24, 2.45) is 10.4 Å². The Kier molecular flexibility index (Phi) is 4.61. The van der Waals surface area contributed by atoms with Crippen LogP contribution in [-0.4, -0.2) is 36.9 Å². The number of para-hydroxylation sites is 1. The number of anilines is 1. The number of carbonyl (C=O) groups excluding carboxylic acids is 2. The molecule has 6 nitrogen and oxygen atoms in total. The van der Waals surface area contributed by atoms with E-state index in [0.29, 0.717) is 17.0 Å². The molecule has 1 saturated carbocycles. The summed E-state index contributed by atoms with van der Waals surface area (Å²) in [5.41, 5.74) is 1.89. The largest absolute Gasteiger partial charge is 0.335 e. The molecule has 1 fully saturated rings. The van der Waals surface area contributed by atoms with Crippen LogP contribution in [0.3, 0.4) is 0 Å². The SMILES string of the molecule is CN1C(=O)C(NC(=O)NC2CC2(C)C)N=C(c2ccccc2F)c2ccccc21.